The van der Waals surface area contributed by atoms with Crippen LogP contribution in [0.5, 0.6) is 57.5 Å². The Morgan fingerprint density at radius 1 is 0.671 bits per heavy atom. The third-order valence-electron chi connectivity index (χ3n) is 16.9. The molecule has 2 N–H and O–H groups in total. The Balaban J connectivity index is 0.000000181. The van der Waals surface area contributed by atoms with Gasteiger partial charge in [0, 0.05) is 53.6 Å². The highest BCUT2D eigenvalue weighted by molar-refractivity contribution is 5.83. The molecule has 4 fully saturated rings. The number of fused-ring (bicyclic) bond motifs is 14. The number of phenolic OH excluding ortho intramolecular Hbond substituents is 1. The number of amides is 1. The maximum atomic E-state index is 13.9. The van der Waals surface area contributed by atoms with Crippen LogP contribution in [-0.2, 0) is 46.1 Å². The van der Waals surface area contributed by atoms with E-state index >= 15 is 0 Å². The number of methoxy groups -OCH3 is 4. The number of nitrogens with one attached hydrogen (secondary N) is 1. The molecular formula is C61H66N6O18. The van der Waals surface area contributed by atoms with Crippen molar-refractivity contribution in [2.24, 2.45) is 0 Å². The van der Waals surface area contributed by atoms with Gasteiger partial charge in [-0.1, -0.05) is 37.4 Å². The van der Waals surface area contributed by atoms with Crippen LogP contribution in [0, 0.1) is 50.4 Å². The van der Waals surface area contributed by atoms with Crippen molar-refractivity contribution in [3.05, 3.63) is 105 Å². The number of cyclic esters (lactones) is 2. The minimum absolute atomic E-state index is 0.00300. The first-order valence-corrected chi connectivity index (χ1v) is 27.6. The van der Waals surface area contributed by atoms with Crippen molar-refractivity contribution < 1.29 is 85.8 Å². The molecule has 0 radical (unpaired) electrons. The number of carbonyl (C=O) groups is 3. The van der Waals surface area contributed by atoms with E-state index in [2.05, 4.69) is 30.6 Å². The van der Waals surface area contributed by atoms with Crippen molar-refractivity contribution in [2.45, 2.75) is 101 Å². The van der Waals surface area contributed by atoms with Crippen LogP contribution in [0.4, 0.5) is 4.79 Å². The molecule has 0 aromatic heterocycles. The van der Waals surface area contributed by atoms with Gasteiger partial charge < -0.3 is 76.7 Å². The maximum Gasteiger partial charge on any atom is 0.411 e. The Morgan fingerprint density at radius 3 is 1.74 bits per heavy atom. The van der Waals surface area contributed by atoms with E-state index in [0.29, 0.717) is 91.5 Å². The normalized spacial score (nSPS) is 25.3. The van der Waals surface area contributed by atoms with Gasteiger partial charge in [-0.25, -0.2) is 14.4 Å². The third kappa shape index (κ3) is 9.61. The lowest BCUT2D eigenvalue weighted by molar-refractivity contribution is -0.179. The van der Waals surface area contributed by atoms with Gasteiger partial charge >= 0.3 is 18.0 Å². The number of piperazine rings is 2. The second-order valence-electron chi connectivity index (χ2n) is 21.5. The molecule has 4 aromatic rings. The van der Waals surface area contributed by atoms with Crippen molar-refractivity contribution in [3.8, 4) is 69.6 Å². The summed E-state index contributed by atoms with van der Waals surface area (Å²) < 4.78 is 80.0. The minimum atomic E-state index is -1.11. The van der Waals surface area contributed by atoms with Gasteiger partial charge in [-0.3, -0.25) is 14.7 Å². The van der Waals surface area contributed by atoms with Crippen LogP contribution >= 0.6 is 0 Å². The van der Waals surface area contributed by atoms with Gasteiger partial charge in [0.2, 0.25) is 13.6 Å². The highest BCUT2D eigenvalue weighted by Gasteiger charge is 2.61. The number of phenols is 1. The molecular weight excluding hydrogens is 1100 g/mol. The molecule has 8 heterocycles. The second kappa shape index (κ2) is 23.8. The Labute approximate surface area is 490 Å². The number of nitriles is 2. The number of esters is 2. The Hall–Kier alpha value is -8.65. The quantitative estimate of drug-likeness (QED) is 0.0579. The smallest absolute Gasteiger partial charge is 0.411 e. The van der Waals surface area contributed by atoms with Crippen molar-refractivity contribution in [1.29, 1.82) is 10.5 Å². The number of aromatic hydroxyl groups is 1. The number of nitrogens with zero attached hydrogens (tertiary/aromatic N) is 5. The van der Waals surface area contributed by atoms with E-state index in [1.54, 1.807) is 30.2 Å². The van der Waals surface area contributed by atoms with Crippen LogP contribution in [0.15, 0.2) is 49.6 Å². The van der Waals surface area contributed by atoms with E-state index < -0.39 is 72.4 Å². The molecule has 24 nitrogen and oxygen atoms in total. The number of aryl methyl sites for hydroxylation is 2. The molecule has 4 bridgehead atoms. The molecule has 0 spiro atoms. The lowest BCUT2D eigenvalue weighted by atomic mass is 9.75. The molecule has 8 aliphatic rings. The molecule has 0 unspecified atom stereocenters. The maximum absolute atomic E-state index is 13.9. The molecule has 24 heteroatoms. The summed E-state index contributed by atoms with van der Waals surface area (Å²) in [5, 5.41) is 36.0. The highest BCUT2D eigenvalue weighted by atomic mass is 16.7. The number of carbonyl (C=O) groups excluding carboxylic acids is 3. The van der Waals surface area contributed by atoms with Gasteiger partial charge in [0.25, 0.3) is 0 Å². The molecule has 0 aliphatic carbocycles. The monoisotopic (exact) mass is 1170 g/mol. The number of morpholine rings is 2. The highest BCUT2D eigenvalue weighted by Crippen LogP contribution is 2.57. The summed E-state index contributed by atoms with van der Waals surface area (Å²) in [4.78, 5) is 46.6. The fraction of sp³-hybridized carbons (Fsp3) is 0.459. The van der Waals surface area contributed by atoms with Gasteiger partial charge in [0.15, 0.2) is 59.6 Å². The molecule has 4 saturated heterocycles. The molecule has 10 atom stereocenters. The number of benzene rings is 4. The molecule has 448 valence electrons. The SMILES string of the molecule is C=CCOC(=O)N1[C@@H]2c3c(cc(C)c(OC)c3OCC=C)C[C@H]1[C@H](C#N)N1[C@H](c3cc(OCOC)c(C)c4c3OCO4)C(=O)OC[C@@H]21.COCOc1cc([C@@H]2C(=O)OC[C@H]3[C@@H]4N[C@@H](Cc5cc(C)c(OC)c(O)c54)[C@H](C#N)N23)c2c(c1C)OCO2. The summed E-state index contributed by atoms with van der Waals surface area (Å²) in [6.07, 6.45) is 3.25. The van der Waals surface area contributed by atoms with E-state index in [1.165, 1.54) is 27.4 Å². The lowest BCUT2D eigenvalue weighted by Crippen LogP contribution is -2.71. The van der Waals surface area contributed by atoms with Crippen molar-refractivity contribution in [1.82, 2.24) is 20.0 Å². The average Bonchev–Trinajstić information content (AvgIpc) is 1.00. The minimum Gasteiger partial charge on any atom is -0.504 e. The van der Waals surface area contributed by atoms with Crippen LogP contribution in [0.1, 0.15) is 79.8 Å². The van der Waals surface area contributed by atoms with Gasteiger partial charge in [-0.15, -0.1) is 0 Å². The van der Waals surface area contributed by atoms with Crippen LogP contribution in [0.2, 0.25) is 0 Å². The van der Waals surface area contributed by atoms with Crippen molar-refractivity contribution >= 4 is 18.0 Å². The summed E-state index contributed by atoms with van der Waals surface area (Å²) in [6, 6.07) is 5.28. The zero-order valence-electron chi connectivity index (χ0n) is 48.3. The van der Waals surface area contributed by atoms with Gasteiger partial charge in [0.05, 0.1) is 56.6 Å². The summed E-state index contributed by atoms with van der Waals surface area (Å²) in [7, 11) is 6.10. The Bertz CT molecular complexity index is 3450. The topological polar surface area (TPSA) is 270 Å². The Kier molecular flexibility index (Phi) is 16.3. The van der Waals surface area contributed by atoms with E-state index in [4.69, 9.17) is 66.3 Å². The second-order valence-corrected chi connectivity index (χ2v) is 21.5. The van der Waals surface area contributed by atoms with Crippen LogP contribution in [0.25, 0.3) is 0 Å². The van der Waals surface area contributed by atoms with E-state index in [1.807, 2.05) is 49.6 Å². The van der Waals surface area contributed by atoms with E-state index in [0.717, 1.165) is 22.3 Å². The third-order valence-corrected chi connectivity index (χ3v) is 16.9. The number of hydrogen-bond acceptors (Lipinski definition) is 23. The first kappa shape index (κ1) is 58.1. The Morgan fingerprint density at radius 2 is 1.20 bits per heavy atom. The standard InChI is InChI=1S/C34H37N3O10.C27H29N3O8/c1-7-9-42-32-26-20(11-18(3)29(32)41-6)12-22-23(14-35)36-24(28(26)37(22)34(39)43-10-8-2)15-44-33(38)27(36)21-13-25(45-16-40-5)19(4)30-31(21)47-17-46-30;1-12-5-14-6-16-17(8-28)30-18(21(29-16)20(14)23(31)24(12)34-4)9-35-27(32)22(30)15-7-19(36-10-33-3)13(2)25-26(15)38-11-37-25/h7-8,11,13,22-24,27-28H,1-2,9-10,12,15-17H2,3-6H3;5,7,16-18,21-22,29,31H,6,9-11H2,1-4H3/t22-,23-,24-,27+,28-;16-,17-,18-,21-,22+/m00/s1. The predicted octanol–water partition coefficient (Wildman–Crippen LogP) is 6.21. The average molecular weight is 1170 g/mol. The fourth-order valence-corrected chi connectivity index (χ4v) is 13.6. The molecule has 4 aromatic carbocycles. The van der Waals surface area contributed by atoms with Crippen molar-refractivity contribution in [3.63, 3.8) is 0 Å². The zero-order chi connectivity index (χ0) is 60.1. The van der Waals surface area contributed by atoms with Crippen LogP contribution in [0.3, 0.4) is 0 Å². The molecule has 85 heavy (non-hydrogen) atoms. The fourth-order valence-electron chi connectivity index (χ4n) is 13.6. The summed E-state index contributed by atoms with van der Waals surface area (Å²) >= 11 is 0. The largest absolute Gasteiger partial charge is 0.504 e. The van der Waals surface area contributed by atoms with Crippen molar-refractivity contribution in [2.75, 3.05) is 82.0 Å². The summed E-state index contributed by atoms with van der Waals surface area (Å²) in [6.45, 7) is 14.9. The molecule has 1 amide bonds. The number of hydrogen-bond donors (Lipinski definition) is 2. The van der Waals surface area contributed by atoms with Gasteiger partial charge in [-0.05, 0) is 74.9 Å². The van der Waals surface area contributed by atoms with E-state index in [9.17, 15) is 30.0 Å². The lowest BCUT2D eigenvalue weighted by Gasteiger charge is -2.58. The summed E-state index contributed by atoms with van der Waals surface area (Å²) in [5.74, 6) is 2.94. The molecule has 0 saturated carbocycles. The zero-order valence-corrected chi connectivity index (χ0v) is 48.3. The van der Waals surface area contributed by atoms with Crippen LogP contribution < -0.4 is 47.9 Å². The van der Waals surface area contributed by atoms with Gasteiger partial charge in [-0.2, -0.15) is 10.5 Å². The van der Waals surface area contributed by atoms with E-state index in [-0.39, 0.29) is 71.8 Å². The first-order valence-electron chi connectivity index (χ1n) is 27.6. The summed E-state index contributed by atoms with van der Waals surface area (Å²) in [5.41, 5.74) is 7.17. The first-order chi connectivity index (χ1) is 41.2. The predicted molar refractivity (Wildman–Crippen MR) is 297 cm³/mol. The molecule has 12 rings (SSSR count). The molecule has 8 aliphatic heterocycles. The number of rotatable bonds is 15. The van der Waals surface area contributed by atoms with Crippen LogP contribution in [-0.4, -0.2) is 156 Å². The van der Waals surface area contributed by atoms with Gasteiger partial charge in [0.1, 0.15) is 62.1 Å². The number of ether oxygens (including phenoxy) is 14.